The molecule has 17 heavy (non-hydrogen) atoms. The normalized spacial score (nSPS) is 11.6. The van der Waals surface area contributed by atoms with Crippen LogP contribution in [-0.2, 0) is 0 Å². The van der Waals surface area contributed by atoms with Crippen molar-refractivity contribution in [2.24, 2.45) is 17.8 Å². The molecule has 2 heteroatoms. The first kappa shape index (κ1) is 20.4. The molecule has 0 spiro atoms. The van der Waals surface area contributed by atoms with Gasteiger partial charge in [-0.05, 0) is 0 Å². The first-order valence-electron chi connectivity index (χ1n) is 7.41. The minimum Gasteiger partial charge on any atom is -0.208 e. The smallest absolute Gasteiger partial charge is 0.208 e. The zero-order chi connectivity index (χ0) is 12.6. The molecule has 0 unspecified atom stereocenters. The summed E-state index contributed by atoms with van der Waals surface area (Å²) in [6.45, 7) is 15.1. The second-order valence-electron chi connectivity index (χ2n) is 6.78. The maximum Gasteiger partial charge on any atom is 1.00 e. The van der Waals surface area contributed by atoms with E-state index in [1.165, 1.54) is 38.2 Å². The Morgan fingerprint density at radius 1 is 0.588 bits per heavy atom. The molecule has 0 nitrogen and oxygen atoms in total. The van der Waals surface area contributed by atoms with E-state index in [2.05, 4.69) is 41.5 Å². The van der Waals surface area contributed by atoms with Gasteiger partial charge in [0, 0.05) is 0 Å². The van der Waals surface area contributed by atoms with Crippen LogP contribution in [0.1, 0.15) is 60.8 Å². The minimum absolute atomic E-state index is 0. The van der Waals surface area contributed by atoms with Gasteiger partial charge in [0.1, 0.15) is 0 Å². The first-order valence-corrected chi connectivity index (χ1v) is 7.41. The predicted molar refractivity (Wildman–Crippen MR) is 78.5 cm³/mol. The average Bonchev–Trinajstić information content (AvgIpc) is 2.15. The van der Waals surface area contributed by atoms with Gasteiger partial charge in [0.2, 0.25) is 0 Å². The van der Waals surface area contributed by atoms with Crippen LogP contribution in [0, 0.1) is 17.8 Å². The summed E-state index contributed by atoms with van der Waals surface area (Å²) in [5.41, 5.74) is 0. The molecule has 0 rings (SSSR count). The van der Waals surface area contributed by atoms with Crippen LogP contribution in [0.5, 0.6) is 0 Å². The largest absolute Gasteiger partial charge is 1.00 e. The predicted octanol–water partition coefficient (Wildman–Crippen LogP) is 2.62. The summed E-state index contributed by atoms with van der Waals surface area (Å²) < 4.78 is 0. The van der Waals surface area contributed by atoms with E-state index in [1.54, 1.807) is 0 Å². The minimum atomic E-state index is 0. The van der Waals surface area contributed by atoms with Crippen molar-refractivity contribution in [2.75, 3.05) is 0 Å². The summed E-state index contributed by atoms with van der Waals surface area (Å²) in [7, 11) is 0. The molecule has 0 fully saturated rings. The molecule has 0 heterocycles. The maximum absolute atomic E-state index is 2.35. The molecule has 0 aliphatic carbocycles. The van der Waals surface area contributed by atoms with Gasteiger partial charge in [0.25, 0.3) is 0 Å². The SMILES string of the molecule is CC(C)CC[B-](CCC(C)C)CCC(C)C.[Na+]. The molecule has 0 saturated heterocycles. The summed E-state index contributed by atoms with van der Waals surface area (Å²) in [5, 5.41) is 0. The molecule has 1 radical (unpaired) electrons. The molecule has 97 valence electrons. The molecule has 0 saturated carbocycles. The van der Waals surface area contributed by atoms with Gasteiger partial charge in [0.05, 0.1) is 0 Å². The van der Waals surface area contributed by atoms with E-state index in [0.717, 1.165) is 24.5 Å². The zero-order valence-electron chi connectivity index (χ0n) is 13.6. The molecule has 0 aromatic heterocycles. The van der Waals surface area contributed by atoms with Gasteiger partial charge in [0.15, 0.2) is 0 Å². The standard InChI is InChI=1S/C15H33B.Na/c1-13(2)7-10-16(11-8-14(3)4)12-9-15(5)6;/h13-15H,7-12H2,1-6H3;/q-1;+1. The monoisotopic (exact) mass is 247 g/mol. The Hall–Kier alpha value is 1.06. The van der Waals surface area contributed by atoms with Crippen LogP contribution in [0.15, 0.2) is 0 Å². The van der Waals surface area contributed by atoms with Crippen LogP contribution < -0.4 is 29.6 Å². The van der Waals surface area contributed by atoms with E-state index in [1.807, 2.05) is 0 Å². The maximum atomic E-state index is 2.35. The fourth-order valence-corrected chi connectivity index (χ4v) is 2.14. The molecule has 0 aromatic rings. The molecule has 0 bridgehead atoms. The van der Waals surface area contributed by atoms with Crippen LogP contribution in [0.25, 0.3) is 0 Å². The van der Waals surface area contributed by atoms with Crippen LogP contribution in [-0.4, -0.2) is 6.71 Å². The van der Waals surface area contributed by atoms with E-state index >= 15 is 0 Å². The Morgan fingerprint density at radius 3 is 1.00 bits per heavy atom. The Balaban J connectivity index is 0. The third-order valence-electron chi connectivity index (χ3n) is 3.46. The van der Waals surface area contributed by atoms with Crippen molar-refractivity contribution >= 4 is 6.71 Å². The Morgan fingerprint density at radius 2 is 0.824 bits per heavy atom. The van der Waals surface area contributed by atoms with Crippen LogP contribution in [0.4, 0.5) is 0 Å². The van der Waals surface area contributed by atoms with E-state index in [9.17, 15) is 0 Å². The van der Waals surface area contributed by atoms with Crippen molar-refractivity contribution in [1.82, 2.24) is 0 Å². The molecule has 0 amide bonds. The molecule has 0 N–H and O–H groups in total. The Bertz CT molecular complexity index is 126. The number of hydrogen-bond donors (Lipinski definition) is 0. The second-order valence-corrected chi connectivity index (χ2v) is 6.78. The van der Waals surface area contributed by atoms with Gasteiger partial charge in [-0.2, -0.15) is 0 Å². The third-order valence-corrected chi connectivity index (χ3v) is 3.46. The Kier molecular flexibility index (Phi) is 14.5. The quantitative estimate of drug-likeness (QED) is 0.549. The number of hydrogen-bond acceptors (Lipinski definition) is 0. The second kappa shape index (κ2) is 12.1. The Labute approximate surface area is 133 Å². The van der Waals surface area contributed by atoms with E-state index in [0.29, 0.717) is 0 Å². The summed E-state index contributed by atoms with van der Waals surface area (Å²) in [5.74, 6) is 2.63. The van der Waals surface area contributed by atoms with Gasteiger partial charge >= 0.3 is 29.6 Å². The van der Waals surface area contributed by atoms with Crippen LogP contribution in [0.3, 0.4) is 0 Å². The van der Waals surface area contributed by atoms with Crippen molar-refractivity contribution in [3.63, 3.8) is 0 Å². The molecular weight excluding hydrogens is 214 g/mol. The summed E-state index contributed by atoms with van der Waals surface area (Å²) >= 11 is 0. The van der Waals surface area contributed by atoms with Crippen molar-refractivity contribution in [3.8, 4) is 0 Å². The molecule has 0 aliphatic heterocycles. The van der Waals surface area contributed by atoms with Crippen molar-refractivity contribution in [2.45, 2.75) is 79.8 Å². The van der Waals surface area contributed by atoms with Crippen molar-refractivity contribution in [1.29, 1.82) is 0 Å². The van der Waals surface area contributed by atoms with Gasteiger partial charge in [-0.3, -0.25) is 0 Å². The molecular formula is C15H33BNa. The fourth-order valence-electron chi connectivity index (χ4n) is 2.14. The molecule has 0 aliphatic rings. The van der Waals surface area contributed by atoms with E-state index in [-0.39, 0.29) is 29.6 Å². The summed E-state index contributed by atoms with van der Waals surface area (Å²) in [4.78, 5) is 0. The van der Waals surface area contributed by atoms with E-state index in [4.69, 9.17) is 0 Å². The van der Waals surface area contributed by atoms with Crippen molar-refractivity contribution in [3.05, 3.63) is 0 Å². The molecule has 0 aromatic carbocycles. The van der Waals surface area contributed by atoms with Gasteiger partial charge in [-0.25, -0.2) is 19.0 Å². The van der Waals surface area contributed by atoms with E-state index < -0.39 is 0 Å². The van der Waals surface area contributed by atoms with Gasteiger partial charge < -0.3 is 0 Å². The van der Waals surface area contributed by atoms with Crippen molar-refractivity contribution < 1.29 is 29.6 Å². The average molecular weight is 247 g/mol. The third kappa shape index (κ3) is 15.0. The van der Waals surface area contributed by atoms with Crippen LogP contribution >= 0.6 is 0 Å². The van der Waals surface area contributed by atoms with Crippen LogP contribution in [0.2, 0.25) is 19.0 Å². The topological polar surface area (TPSA) is 0 Å². The fraction of sp³-hybridized carbons (Fsp3) is 1.00. The summed E-state index contributed by atoms with van der Waals surface area (Å²) in [6, 6.07) is 0. The number of rotatable bonds is 9. The summed E-state index contributed by atoms with van der Waals surface area (Å²) in [6.07, 6.45) is 8.62. The molecule has 0 atom stereocenters. The van der Waals surface area contributed by atoms with Gasteiger partial charge in [-0.15, -0.1) is 6.71 Å². The zero-order valence-corrected chi connectivity index (χ0v) is 15.6. The van der Waals surface area contributed by atoms with Gasteiger partial charge in [-0.1, -0.05) is 78.6 Å². The first-order chi connectivity index (χ1) is 7.41.